The quantitative estimate of drug-likeness (QED) is 0.635. The van der Waals surface area contributed by atoms with E-state index in [0.717, 1.165) is 13.1 Å². The molecule has 1 unspecified atom stereocenters. The number of likely N-dealkylation sites (N-methyl/N-ethyl adjacent to an activating group) is 1. The normalized spacial score (nSPS) is 19.6. The third-order valence-electron chi connectivity index (χ3n) is 3.85. The summed E-state index contributed by atoms with van der Waals surface area (Å²) in [7, 11) is 0. The third-order valence-corrected chi connectivity index (χ3v) is 4.17. The summed E-state index contributed by atoms with van der Waals surface area (Å²) >= 11 is 6.02. The number of carbonyl (C=O) groups is 1. The molecule has 1 saturated heterocycles. The molecule has 21 heavy (non-hydrogen) atoms. The number of nitro benzene ring substituents is 1. The average molecular weight is 312 g/mol. The maximum absolute atomic E-state index is 12.5. The van der Waals surface area contributed by atoms with Crippen molar-refractivity contribution in [2.75, 3.05) is 26.2 Å². The van der Waals surface area contributed by atoms with Crippen molar-refractivity contribution in [3.63, 3.8) is 0 Å². The highest BCUT2D eigenvalue weighted by molar-refractivity contribution is 6.34. The lowest BCUT2D eigenvalue weighted by molar-refractivity contribution is -0.384. The number of hydrogen-bond donors (Lipinski definition) is 0. The van der Waals surface area contributed by atoms with E-state index in [0.29, 0.717) is 24.7 Å². The zero-order valence-electron chi connectivity index (χ0n) is 12.1. The Hall–Kier alpha value is -1.66. The predicted molar refractivity (Wildman–Crippen MR) is 80.7 cm³/mol. The van der Waals surface area contributed by atoms with E-state index in [4.69, 9.17) is 11.6 Å². The Bertz CT molecular complexity index is 564. The van der Waals surface area contributed by atoms with Gasteiger partial charge in [0, 0.05) is 37.8 Å². The molecule has 0 bridgehead atoms. The maximum atomic E-state index is 12.5. The third kappa shape index (κ3) is 3.33. The molecule has 0 aromatic heterocycles. The zero-order valence-corrected chi connectivity index (χ0v) is 12.8. The van der Waals surface area contributed by atoms with Gasteiger partial charge in [-0.05, 0) is 19.5 Å². The van der Waals surface area contributed by atoms with E-state index < -0.39 is 4.92 Å². The topological polar surface area (TPSA) is 66.7 Å². The Morgan fingerprint density at radius 1 is 1.48 bits per heavy atom. The molecule has 1 aliphatic heterocycles. The summed E-state index contributed by atoms with van der Waals surface area (Å²) in [4.78, 5) is 26.7. The first-order chi connectivity index (χ1) is 9.93. The van der Waals surface area contributed by atoms with Crippen molar-refractivity contribution < 1.29 is 9.72 Å². The molecule has 0 spiro atoms. The van der Waals surface area contributed by atoms with Crippen LogP contribution in [-0.2, 0) is 0 Å². The molecule has 1 aliphatic rings. The van der Waals surface area contributed by atoms with E-state index in [9.17, 15) is 14.9 Å². The van der Waals surface area contributed by atoms with Gasteiger partial charge >= 0.3 is 0 Å². The second kappa shape index (κ2) is 6.41. The molecule has 2 rings (SSSR count). The van der Waals surface area contributed by atoms with E-state index in [-0.39, 0.29) is 16.6 Å². The highest BCUT2D eigenvalue weighted by Gasteiger charge is 2.27. The number of non-ortho nitro benzene ring substituents is 1. The lowest BCUT2D eigenvalue weighted by atomic mass is 10.1. The van der Waals surface area contributed by atoms with Gasteiger partial charge < -0.3 is 4.90 Å². The molecule has 1 atom stereocenters. The second-order valence-corrected chi connectivity index (χ2v) is 5.56. The molecule has 1 heterocycles. The molecule has 1 aromatic carbocycles. The highest BCUT2D eigenvalue weighted by Crippen LogP contribution is 2.24. The van der Waals surface area contributed by atoms with Crippen molar-refractivity contribution in [1.29, 1.82) is 0 Å². The van der Waals surface area contributed by atoms with Crippen LogP contribution in [0.1, 0.15) is 24.2 Å². The smallest absolute Gasteiger partial charge is 0.270 e. The number of rotatable bonds is 3. The minimum atomic E-state index is -0.526. The van der Waals surface area contributed by atoms with Gasteiger partial charge in [0.15, 0.2) is 0 Å². The molecule has 0 saturated carbocycles. The minimum Gasteiger partial charge on any atom is -0.336 e. The number of hydrogen-bond acceptors (Lipinski definition) is 4. The zero-order chi connectivity index (χ0) is 15.6. The molecule has 0 aliphatic carbocycles. The summed E-state index contributed by atoms with van der Waals surface area (Å²) < 4.78 is 0. The fourth-order valence-electron chi connectivity index (χ4n) is 2.61. The minimum absolute atomic E-state index is 0.110. The number of amides is 1. The Morgan fingerprint density at radius 2 is 2.19 bits per heavy atom. The Balaban J connectivity index is 2.15. The van der Waals surface area contributed by atoms with Crippen LogP contribution in [0.4, 0.5) is 5.69 Å². The summed E-state index contributed by atoms with van der Waals surface area (Å²) in [5.41, 5.74) is 0.208. The van der Waals surface area contributed by atoms with E-state index in [1.54, 1.807) is 4.90 Å². The number of piperazine rings is 1. The van der Waals surface area contributed by atoms with E-state index in [1.807, 2.05) is 0 Å². The van der Waals surface area contributed by atoms with Crippen molar-refractivity contribution in [2.45, 2.75) is 19.9 Å². The highest BCUT2D eigenvalue weighted by atomic mass is 35.5. The number of halogens is 1. The largest absolute Gasteiger partial charge is 0.336 e. The van der Waals surface area contributed by atoms with Gasteiger partial charge in [-0.25, -0.2) is 0 Å². The summed E-state index contributed by atoms with van der Waals surface area (Å²) in [6, 6.07) is 4.26. The molecule has 0 N–H and O–H groups in total. The van der Waals surface area contributed by atoms with Crippen LogP contribution in [0.5, 0.6) is 0 Å². The lowest BCUT2D eigenvalue weighted by Crippen LogP contribution is -2.53. The van der Waals surface area contributed by atoms with Crippen LogP contribution >= 0.6 is 11.6 Å². The van der Waals surface area contributed by atoms with Gasteiger partial charge in [0.1, 0.15) is 0 Å². The van der Waals surface area contributed by atoms with Gasteiger partial charge in [-0.15, -0.1) is 0 Å². The molecule has 114 valence electrons. The van der Waals surface area contributed by atoms with Crippen LogP contribution in [0, 0.1) is 10.1 Å². The first-order valence-corrected chi connectivity index (χ1v) is 7.29. The standard InChI is InChI=1S/C14H18ClN3O3/c1-3-16-6-7-17(9-10(16)2)14(19)12-5-4-11(18(20)21)8-13(12)15/h4-5,8,10H,3,6-7,9H2,1-2H3. The van der Waals surface area contributed by atoms with Gasteiger partial charge in [-0.3, -0.25) is 19.8 Å². The fourth-order valence-corrected chi connectivity index (χ4v) is 2.87. The van der Waals surface area contributed by atoms with Crippen LogP contribution in [0.15, 0.2) is 18.2 Å². The lowest BCUT2D eigenvalue weighted by Gasteiger charge is -2.39. The Morgan fingerprint density at radius 3 is 2.71 bits per heavy atom. The first kappa shape index (κ1) is 15.7. The summed E-state index contributed by atoms with van der Waals surface area (Å²) in [5.74, 6) is -0.169. The Labute approximate surface area is 128 Å². The first-order valence-electron chi connectivity index (χ1n) is 6.91. The summed E-state index contributed by atoms with van der Waals surface area (Å²) in [6.45, 7) is 7.25. The summed E-state index contributed by atoms with van der Waals surface area (Å²) in [5, 5.41) is 10.8. The molecule has 6 nitrogen and oxygen atoms in total. The molecule has 1 amide bonds. The predicted octanol–water partition coefficient (Wildman–Crippen LogP) is 2.41. The van der Waals surface area contributed by atoms with Crippen LogP contribution in [0.25, 0.3) is 0 Å². The molecular formula is C14H18ClN3O3. The SMILES string of the molecule is CCN1CCN(C(=O)c2ccc([N+](=O)[O-])cc2Cl)CC1C. The number of carbonyl (C=O) groups excluding carboxylic acids is 1. The van der Waals surface area contributed by atoms with Crippen molar-refractivity contribution in [1.82, 2.24) is 9.80 Å². The van der Waals surface area contributed by atoms with Gasteiger partial charge in [-0.1, -0.05) is 18.5 Å². The van der Waals surface area contributed by atoms with E-state index >= 15 is 0 Å². The molecule has 1 fully saturated rings. The summed E-state index contributed by atoms with van der Waals surface area (Å²) in [6.07, 6.45) is 0. The maximum Gasteiger partial charge on any atom is 0.270 e. The fraction of sp³-hybridized carbons (Fsp3) is 0.500. The van der Waals surface area contributed by atoms with Crippen molar-refractivity contribution in [2.24, 2.45) is 0 Å². The van der Waals surface area contributed by atoms with Crippen molar-refractivity contribution in [3.05, 3.63) is 38.9 Å². The molecular weight excluding hydrogens is 294 g/mol. The van der Waals surface area contributed by atoms with E-state index in [2.05, 4.69) is 18.7 Å². The monoisotopic (exact) mass is 311 g/mol. The van der Waals surface area contributed by atoms with Crippen LogP contribution < -0.4 is 0 Å². The number of nitro groups is 1. The average Bonchev–Trinajstić information content (AvgIpc) is 2.46. The second-order valence-electron chi connectivity index (χ2n) is 5.15. The molecule has 0 radical (unpaired) electrons. The van der Waals surface area contributed by atoms with Gasteiger partial charge in [0.25, 0.3) is 11.6 Å². The van der Waals surface area contributed by atoms with Crippen LogP contribution in [-0.4, -0.2) is 52.9 Å². The van der Waals surface area contributed by atoms with Crippen LogP contribution in [0.2, 0.25) is 5.02 Å². The van der Waals surface area contributed by atoms with Gasteiger partial charge in [0.05, 0.1) is 15.5 Å². The van der Waals surface area contributed by atoms with Gasteiger partial charge in [0.2, 0.25) is 0 Å². The van der Waals surface area contributed by atoms with Gasteiger partial charge in [-0.2, -0.15) is 0 Å². The van der Waals surface area contributed by atoms with Crippen LogP contribution in [0.3, 0.4) is 0 Å². The number of nitrogens with zero attached hydrogens (tertiary/aromatic N) is 3. The van der Waals surface area contributed by atoms with Crippen molar-refractivity contribution >= 4 is 23.2 Å². The van der Waals surface area contributed by atoms with Crippen molar-refractivity contribution in [3.8, 4) is 0 Å². The molecule has 1 aromatic rings. The van der Waals surface area contributed by atoms with E-state index in [1.165, 1.54) is 18.2 Å². The Kier molecular flexibility index (Phi) is 4.80. The number of benzene rings is 1. The molecule has 7 heteroatoms.